The zero-order valence-electron chi connectivity index (χ0n) is 31.4. The average Bonchev–Trinajstić information content (AvgIpc) is 4.01. The third-order valence-corrected chi connectivity index (χ3v) is 14.1. The normalized spacial score (nSPS) is 11.8. The SMILES string of the molecule is Cc1ccc2c3ccc(C#N)cc3n(-c3ccc4sc5ccc(-c6ccc7sc8ccc(-n9c%10cc(C#N)ccc%10c%10ccc(C#N)cc%109)cc8c7c6)cc5c4c3)c2c1. The number of aryl methyl sites for hydroxylation is 1. The van der Waals surface area contributed by atoms with Crippen molar-refractivity contribution in [3.8, 4) is 40.7 Å². The van der Waals surface area contributed by atoms with Crippen molar-refractivity contribution in [3.05, 3.63) is 168 Å². The van der Waals surface area contributed by atoms with Crippen LogP contribution < -0.4 is 0 Å². The van der Waals surface area contributed by atoms with Gasteiger partial charge >= 0.3 is 0 Å². The molecule has 59 heavy (non-hydrogen) atoms. The van der Waals surface area contributed by atoms with E-state index in [-0.39, 0.29) is 0 Å². The highest BCUT2D eigenvalue weighted by molar-refractivity contribution is 7.26. The molecule has 0 spiro atoms. The number of benzene rings is 8. The second-order valence-electron chi connectivity index (χ2n) is 15.2. The Kier molecular flexibility index (Phi) is 7.01. The van der Waals surface area contributed by atoms with E-state index >= 15 is 0 Å². The van der Waals surface area contributed by atoms with Gasteiger partial charge in [0.15, 0.2) is 0 Å². The first kappa shape index (κ1) is 33.4. The van der Waals surface area contributed by atoms with Gasteiger partial charge in [0, 0.05) is 73.3 Å². The van der Waals surface area contributed by atoms with Crippen molar-refractivity contribution in [2.24, 2.45) is 0 Å². The maximum atomic E-state index is 9.80. The van der Waals surface area contributed by atoms with E-state index in [2.05, 4.69) is 131 Å². The first-order valence-corrected chi connectivity index (χ1v) is 20.9. The molecule has 0 unspecified atom stereocenters. The molecule has 8 aromatic carbocycles. The monoisotopic (exact) mass is 785 g/mol. The van der Waals surface area contributed by atoms with Crippen LogP contribution in [-0.2, 0) is 0 Å². The van der Waals surface area contributed by atoms with Gasteiger partial charge in [0.05, 0.1) is 57.0 Å². The highest BCUT2D eigenvalue weighted by Gasteiger charge is 2.18. The lowest BCUT2D eigenvalue weighted by molar-refractivity contribution is 1.18. The molecule has 0 N–H and O–H groups in total. The van der Waals surface area contributed by atoms with Crippen LogP contribution in [-0.4, -0.2) is 9.13 Å². The molecule has 0 amide bonds. The van der Waals surface area contributed by atoms with Crippen LogP contribution in [0, 0.1) is 40.9 Å². The van der Waals surface area contributed by atoms with E-state index in [1.807, 2.05) is 59.9 Å². The number of hydrogen-bond acceptors (Lipinski definition) is 5. The predicted octanol–water partition coefficient (Wildman–Crippen LogP) is 14.2. The molecule has 0 atom stereocenters. The third kappa shape index (κ3) is 4.92. The van der Waals surface area contributed by atoms with Gasteiger partial charge < -0.3 is 9.13 Å². The molecular weight excluding hydrogens is 759 g/mol. The molecule has 4 heterocycles. The molecule has 0 aliphatic heterocycles. The Balaban J connectivity index is 1.02. The van der Waals surface area contributed by atoms with Crippen LogP contribution >= 0.6 is 22.7 Å². The molecule has 4 aromatic heterocycles. The van der Waals surface area contributed by atoms with Crippen LogP contribution in [0.4, 0.5) is 0 Å². The molecule has 5 nitrogen and oxygen atoms in total. The smallest absolute Gasteiger partial charge is 0.0992 e. The minimum atomic E-state index is 0.594. The zero-order chi connectivity index (χ0) is 39.5. The first-order valence-electron chi connectivity index (χ1n) is 19.2. The number of fused-ring (bicyclic) bond motifs is 12. The fraction of sp³-hybridized carbons (Fsp3) is 0.0192. The van der Waals surface area contributed by atoms with Gasteiger partial charge in [-0.05, 0) is 127 Å². The Hall–Kier alpha value is -7.73. The molecule has 0 saturated heterocycles. The van der Waals surface area contributed by atoms with Gasteiger partial charge in [0.25, 0.3) is 0 Å². The van der Waals surface area contributed by atoms with Gasteiger partial charge in [-0.15, -0.1) is 22.7 Å². The number of nitrogens with zero attached hydrogens (tertiary/aromatic N) is 5. The first-order chi connectivity index (χ1) is 29.0. The zero-order valence-corrected chi connectivity index (χ0v) is 33.0. The Morgan fingerprint density at radius 1 is 0.356 bits per heavy atom. The molecule has 0 aliphatic carbocycles. The summed E-state index contributed by atoms with van der Waals surface area (Å²) in [6.07, 6.45) is 0. The highest BCUT2D eigenvalue weighted by atomic mass is 32.1. The van der Waals surface area contributed by atoms with E-state index in [1.165, 1.54) is 51.3 Å². The van der Waals surface area contributed by atoms with Gasteiger partial charge in [-0.2, -0.15) is 15.8 Å². The fourth-order valence-electron chi connectivity index (χ4n) is 9.08. The van der Waals surface area contributed by atoms with E-state index in [9.17, 15) is 15.8 Å². The quantitative estimate of drug-likeness (QED) is 0.179. The Bertz CT molecular complexity index is 3890. The van der Waals surface area contributed by atoms with Gasteiger partial charge in [-0.3, -0.25) is 0 Å². The Labute approximate surface area is 345 Å². The molecular formula is C52H27N5S2. The van der Waals surface area contributed by atoms with Crippen LogP contribution in [0.25, 0.3) is 106 Å². The number of rotatable bonds is 3. The largest absolute Gasteiger partial charge is 0.309 e. The van der Waals surface area contributed by atoms with E-state index in [0.29, 0.717) is 16.7 Å². The fourth-order valence-corrected chi connectivity index (χ4v) is 11.2. The summed E-state index contributed by atoms with van der Waals surface area (Å²) < 4.78 is 9.38. The summed E-state index contributed by atoms with van der Waals surface area (Å²) in [6, 6.07) is 58.1. The second-order valence-corrected chi connectivity index (χ2v) is 17.4. The van der Waals surface area contributed by atoms with E-state index in [4.69, 9.17) is 0 Å². The van der Waals surface area contributed by atoms with Crippen LogP contribution in [0.15, 0.2) is 146 Å². The van der Waals surface area contributed by atoms with Crippen molar-refractivity contribution >= 4 is 107 Å². The van der Waals surface area contributed by atoms with Crippen LogP contribution in [0.5, 0.6) is 0 Å². The molecule has 272 valence electrons. The van der Waals surface area contributed by atoms with Crippen molar-refractivity contribution in [1.82, 2.24) is 9.13 Å². The van der Waals surface area contributed by atoms with Gasteiger partial charge in [-0.25, -0.2) is 0 Å². The number of nitriles is 3. The average molecular weight is 786 g/mol. The molecule has 7 heteroatoms. The second kappa shape index (κ2) is 12.4. The minimum Gasteiger partial charge on any atom is -0.309 e. The van der Waals surface area contributed by atoms with Crippen molar-refractivity contribution in [1.29, 1.82) is 15.8 Å². The molecule has 0 radical (unpaired) electrons. The molecule has 0 saturated carbocycles. The van der Waals surface area contributed by atoms with Crippen molar-refractivity contribution in [3.63, 3.8) is 0 Å². The maximum Gasteiger partial charge on any atom is 0.0992 e. The van der Waals surface area contributed by atoms with Crippen molar-refractivity contribution in [2.75, 3.05) is 0 Å². The van der Waals surface area contributed by atoms with Crippen LogP contribution in [0.2, 0.25) is 0 Å². The Morgan fingerprint density at radius 2 is 0.712 bits per heavy atom. The number of thiophene rings is 2. The summed E-state index contributed by atoms with van der Waals surface area (Å²) in [5.41, 5.74) is 11.4. The number of hydrogen-bond donors (Lipinski definition) is 0. The third-order valence-electron chi connectivity index (χ3n) is 11.8. The van der Waals surface area contributed by atoms with Crippen LogP contribution in [0.1, 0.15) is 22.3 Å². The van der Waals surface area contributed by atoms with Crippen molar-refractivity contribution < 1.29 is 0 Å². The topological polar surface area (TPSA) is 81.2 Å². The van der Waals surface area contributed by atoms with Gasteiger partial charge in [0.2, 0.25) is 0 Å². The molecule has 0 bridgehead atoms. The van der Waals surface area contributed by atoms with E-state index in [0.717, 1.165) is 60.7 Å². The molecule has 0 fully saturated rings. The summed E-state index contributed by atoms with van der Waals surface area (Å²) in [6.45, 7) is 2.12. The van der Waals surface area contributed by atoms with Crippen molar-refractivity contribution in [2.45, 2.75) is 6.92 Å². The van der Waals surface area contributed by atoms with Gasteiger partial charge in [0.1, 0.15) is 0 Å². The Morgan fingerprint density at radius 3 is 1.12 bits per heavy atom. The lowest BCUT2D eigenvalue weighted by atomic mass is 10.0. The number of aromatic nitrogens is 2. The van der Waals surface area contributed by atoms with Gasteiger partial charge in [-0.1, -0.05) is 42.5 Å². The molecule has 12 rings (SSSR count). The van der Waals surface area contributed by atoms with E-state index in [1.54, 1.807) is 11.3 Å². The predicted molar refractivity (Wildman–Crippen MR) is 245 cm³/mol. The summed E-state index contributed by atoms with van der Waals surface area (Å²) in [5.74, 6) is 0. The van der Waals surface area contributed by atoms with Crippen LogP contribution in [0.3, 0.4) is 0 Å². The summed E-state index contributed by atoms with van der Waals surface area (Å²) in [4.78, 5) is 0. The summed E-state index contributed by atoms with van der Waals surface area (Å²) in [5, 5.41) is 38.6. The van der Waals surface area contributed by atoms with E-state index < -0.39 is 0 Å². The summed E-state index contributed by atoms with van der Waals surface area (Å²) >= 11 is 3.60. The maximum absolute atomic E-state index is 9.80. The summed E-state index contributed by atoms with van der Waals surface area (Å²) in [7, 11) is 0. The lowest BCUT2D eigenvalue weighted by Gasteiger charge is -2.09. The lowest BCUT2D eigenvalue weighted by Crippen LogP contribution is -1.94. The molecule has 12 aromatic rings. The minimum absolute atomic E-state index is 0.594. The molecule has 0 aliphatic rings. The highest BCUT2D eigenvalue weighted by Crippen LogP contribution is 2.43. The standard InChI is InChI=1S/C52H27N5S2/c1-29-2-10-37-38-11-3-30(26-53)19-46(38)56(45(37)18-29)35-8-16-51-43(24-35)41-22-33(6-14-49(41)58-51)34-7-15-50-42(23-34)44-25-36(9-17-52(44)59-50)57-47-20-31(27-54)4-12-39(47)40-13-5-32(28-55)21-48(40)57/h2-25H,1H3.